The first-order valence-corrected chi connectivity index (χ1v) is 24.2. The van der Waals surface area contributed by atoms with Gasteiger partial charge in [-0.25, -0.2) is 4.79 Å². The first-order chi connectivity index (χ1) is 25.8. The van der Waals surface area contributed by atoms with Crippen molar-refractivity contribution in [1.82, 2.24) is 0 Å². The molecule has 0 aromatic rings. The van der Waals surface area contributed by atoms with Gasteiger partial charge in [-0.3, -0.25) is 0 Å². The van der Waals surface area contributed by atoms with Gasteiger partial charge in [0.05, 0.1) is 13.2 Å². The van der Waals surface area contributed by atoms with Gasteiger partial charge in [-0.15, -0.1) is 0 Å². The number of fused-ring (bicyclic) bond motifs is 5. The molecular weight excluding hydrogens is 649 g/mol. The topological polar surface area (TPSA) is 35.5 Å². The largest absolute Gasteiger partial charge is 0.508 e. The van der Waals surface area contributed by atoms with Crippen LogP contribution in [0.15, 0.2) is 12.2 Å². The second kappa shape index (κ2) is 24.6. The van der Waals surface area contributed by atoms with Gasteiger partial charge >= 0.3 is 6.16 Å². The smallest absolute Gasteiger partial charge is 0.434 e. The minimum absolute atomic E-state index is 0.403. The molecule has 9 atom stereocenters. The molecular formula is C50H90O3. The molecule has 4 aliphatic carbocycles. The Kier molecular flexibility index (Phi) is 20.8. The number of ether oxygens (including phenoxy) is 2. The number of allylic oxidation sites excluding steroid dienone is 2. The van der Waals surface area contributed by atoms with Crippen LogP contribution < -0.4 is 0 Å². The van der Waals surface area contributed by atoms with Gasteiger partial charge in [-0.1, -0.05) is 156 Å². The molecule has 0 heterocycles. The van der Waals surface area contributed by atoms with E-state index in [0.29, 0.717) is 30.0 Å². The van der Waals surface area contributed by atoms with E-state index in [1.165, 1.54) is 180 Å². The van der Waals surface area contributed by atoms with Crippen LogP contribution in [0.2, 0.25) is 0 Å². The van der Waals surface area contributed by atoms with Gasteiger partial charge < -0.3 is 9.47 Å². The monoisotopic (exact) mass is 739 g/mol. The summed E-state index contributed by atoms with van der Waals surface area (Å²) < 4.78 is 10.9. The number of hydrogen-bond donors (Lipinski definition) is 0. The third-order valence-electron chi connectivity index (χ3n) is 16.1. The summed E-state index contributed by atoms with van der Waals surface area (Å²) >= 11 is 0. The van der Waals surface area contributed by atoms with Crippen molar-refractivity contribution in [3.8, 4) is 0 Å². The van der Waals surface area contributed by atoms with Crippen LogP contribution in [0.5, 0.6) is 0 Å². The van der Waals surface area contributed by atoms with Gasteiger partial charge in [0, 0.05) is 0 Å². The molecule has 3 nitrogen and oxygen atoms in total. The Hall–Kier alpha value is -0.990. The fraction of sp³-hybridized carbons (Fsp3) is 0.940. The molecule has 0 aromatic carbocycles. The molecule has 2 unspecified atom stereocenters. The van der Waals surface area contributed by atoms with E-state index in [0.717, 1.165) is 54.8 Å². The Balaban J connectivity index is 0.931. The van der Waals surface area contributed by atoms with Crippen molar-refractivity contribution >= 4 is 6.16 Å². The number of hydrogen-bond acceptors (Lipinski definition) is 3. The lowest BCUT2D eigenvalue weighted by atomic mass is 9.44. The molecule has 0 aliphatic heterocycles. The zero-order valence-electron chi connectivity index (χ0n) is 36.3. The maximum absolute atomic E-state index is 12.2. The van der Waals surface area contributed by atoms with Crippen LogP contribution in [0.1, 0.15) is 234 Å². The van der Waals surface area contributed by atoms with Crippen molar-refractivity contribution in [2.75, 3.05) is 13.2 Å². The molecule has 0 N–H and O–H groups in total. The highest BCUT2D eigenvalue weighted by molar-refractivity contribution is 5.59. The minimum atomic E-state index is -0.463. The van der Waals surface area contributed by atoms with Crippen LogP contribution in [-0.4, -0.2) is 19.4 Å². The predicted octanol–water partition coefficient (Wildman–Crippen LogP) is 16.2. The van der Waals surface area contributed by atoms with Crippen LogP contribution in [-0.2, 0) is 9.47 Å². The van der Waals surface area contributed by atoms with Crippen LogP contribution >= 0.6 is 0 Å². The number of carbonyl (C=O) groups is 1. The van der Waals surface area contributed by atoms with E-state index in [-0.39, 0.29) is 0 Å². The summed E-state index contributed by atoms with van der Waals surface area (Å²) in [5.41, 5.74) is 1.22. The summed E-state index contributed by atoms with van der Waals surface area (Å²) in [5.74, 6) is 6.14. The van der Waals surface area contributed by atoms with Crippen molar-refractivity contribution < 1.29 is 14.3 Å². The molecule has 0 radical (unpaired) electrons. The molecule has 0 bridgehead atoms. The van der Waals surface area contributed by atoms with Crippen molar-refractivity contribution in [3.05, 3.63) is 12.2 Å². The molecule has 4 saturated carbocycles. The van der Waals surface area contributed by atoms with Crippen LogP contribution in [0.3, 0.4) is 0 Å². The van der Waals surface area contributed by atoms with E-state index < -0.39 is 6.16 Å². The quantitative estimate of drug-likeness (QED) is 0.0478. The van der Waals surface area contributed by atoms with Gasteiger partial charge in [0.2, 0.25) is 0 Å². The Morgan fingerprint density at radius 1 is 0.623 bits per heavy atom. The predicted molar refractivity (Wildman–Crippen MR) is 227 cm³/mol. The van der Waals surface area contributed by atoms with Gasteiger partial charge in [-0.2, -0.15) is 0 Å². The fourth-order valence-corrected chi connectivity index (χ4v) is 12.8. The normalized spacial score (nSPS) is 30.8. The lowest BCUT2D eigenvalue weighted by Gasteiger charge is -2.61. The van der Waals surface area contributed by atoms with Gasteiger partial charge in [0.25, 0.3) is 0 Å². The van der Waals surface area contributed by atoms with Crippen LogP contribution in [0.4, 0.5) is 4.79 Å². The number of carbonyl (C=O) groups excluding carboxylic acids is 1. The Labute approximate surface area is 330 Å². The van der Waals surface area contributed by atoms with Crippen molar-refractivity contribution in [3.63, 3.8) is 0 Å². The van der Waals surface area contributed by atoms with E-state index in [4.69, 9.17) is 9.47 Å². The fourth-order valence-electron chi connectivity index (χ4n) is 12.8. The lowest BCUT2D eigenvalue weighted by molar-refractivity contribution is -0.114. The van der Waals surface area contributed by atoms with Gasteiger partial charge in [-0.05, 0) is 142 Å². The Morgan fingerprint density at radius 3 is 1.92 bits per heavy atom. The minimum Gasteiger partial charge on any atom is -0.434 e. The van der Waals surface area contributed by atoms with Crippen molar-refractivity contribution in [1.29, 1.82) is 0 Å². The summed E-state index contributed by atoms with van der Waals surface area (Å²) in [6, 6.07) is 0. The first-order valence-electron chi connectivity index (χ1n) is 24.2. The Bertz CT molecular complexity index is 1000. The summed E-state index contributed by atoms with van der Waals surface area (Å²) in [4.78, 5) is 12.2. The third kappa shape index (κ3) is 14.2. The first kappa shape index (κ1) is 44.7. The molecule has 0 spiro atoms. The third-order valence-corrected chi connectivity index (χ3v) is 16.1. The van der Waals surface area contributed by atoms with Crippen molar-refractivity contribution in [2.24, 2.45) is 52.3 Å². The highest BCUT2D eigenvalue weighted by Gasteiger charge is 2.60. The maximum Gasteiger partial charge on any atom is 0.508 e. The highest BCUT2D eigenvalue weighted by atomic mass is 16.7. The van der Waals surface area contributed by atoms with Crippen LogP contribution in [0.25, 0.3) is 0 Å². The molecule has 308 valence electrons. The molecule has 0 aromatic heterocycles. The molecule has 4 aliphatic rings. The zero-order valence-corrected chi connectivity index (χ0v) is 36.3. The molecule has 0 amide bonds. The summed E-state index contributed by atoms with van der Waals surface area (Å²) in [7, 11) is 0. The molecule has 3 heteroatoms. The van der Waals surface area contributed by atoms with E-state index in [2.05, 4.69) is 46.8 Å². The van der Waals surface area contributed by atoms with Crippen LogP contribution in [0, 0.1) is 52.3 Å². The maximum atomic E-state index is 12.2. The Morgan fingerprint density at radius 2 is 1.25 bits per heavy atom. The zero-order chi connectivity index (χ0) is 37.8. The van der Waals surface area contributed by atoms with E-state index in [1.54, 1.807) is 0 Å². The summed E-state index contributed by atoms with van der Waals surface area (Å²) in [6.07, 6.45) is 46.9. The van der Waals surface area contributed by atoms with E-state index in [1.807, 2.05) is 0 Å². The average molecular weight is 739 g/mol. The number of unbranched alkanes of at least 4 members (excludes halogenated alkanes) is 16. The lowest BCUT2D eigenvalue weighted by Crippen LogP contribution is -2.53. The molecule has 4 rings (SSSR count). The SMILES string of the molecule is CCCCCCCC/C=C\CCCCCCCCCCCCOC(=O)OCC(C)CCC[C@@H](C)[C@H]1CC[C@H]2[C@@H]3CCC4CCCC[C@]4(C)[C@H]3CC[C@]12C. The second-order valence-corrected chi connectivity index (χ2v) is 19.9. The number of rotatable bonds is 27. The summed E-state index contributed by atoms with van der Waals surface area (Å²) in [6.45, 7) is 13.5. The van der Waals surface area contributed by atoms with E-state index in [9.17, 15) is 4.79 Å². The highest BCUT2D eigenvalue weighted by Crippen LogP contribution is 2.68. The van der Waals surface area contributed by atoms with Gasteiger partial charge in [0.1, 0.15) is 0 Å². The standard InChI is InChI=1S/C50H90O3/c1-6-7-8-9-10-11-12-13-14-15-16-17-18-19-20-21-22-23-24-27-39-52-48(51)53-40-41(2)29-28-30-42(3)45-34-35-46-44-33-32-43-31-25-26-37-49(43,4)47(44)36-38-50(45,46)5/h13-14,41-47H,6-12,15-40H2,1-5H3/b14-13-/t41?,42-,43?,44+,45-,46+,47+,49+,50-/m1/s1. The van der Waals surface area contributed by atoms with Gasteiger partial charge in [0.15, 0.2) is 0 Å². The second-order valence-electron chi connectivity index (χ2n) is 19.9. The molecule has 4 fully saturated rings. The summed E-state index contributed by atoms with van der Waals surface area (Å²) in [5, 5.41) is 0. The molecule has 53 heavy (non-hydrogen) atoms. The van der Waals surface area contributed by atoms with Crippen molar-refractivity contribution in [2.45, 2.75) is 234 Å². The van der Waals surface area contributed by atoms with E-state index >= 15 is 0 Å². The average Bonchev–Trinajstić information content (AvgIpc) is 3.51. The molecule has 0 saturated heterocycles.